The minimum atomic E-state index is -4.85. The molecule has 4 nitrogen and oxygen atoms in total. The van der Waals surface area contributed by atoms with Gasteiger partial charge in [0.15, 0.2) is 0 Å². The summed E-state index contributed by atoms with van der Waals surface area (Å²) in [5.41, 5.74) is 0.342. The Morgan fingerprint density at radius 2 is 1.83 bits per heavy atom. The van der Waals surface area contributed by atoms with Crippen LogP contribution in [0.4, 0.5) is 17.6 Å². The Balaban J connectivity index is 1.97. The normalized spacial score (nSPS) is 12.5. The number of hydrogen-bond acceptors (Lipinski definition) is 3. The van der Waals surface area contributed by atoms with Gasteiger partial charge in [-0.1, -0.05) is 18.2 Å². The van der Waals surface area contributed by atoms with Crippen molar-refractivity contribution >= 4 is 5.91 Å². The van der Waals surface area contributed by atoms with Crippen molar-refractivity contribution in [3.05, 3.63) is 65.5 Å². The van der Waals surface area contributed by atoms with Crippen molar-refractivity contribution in [3.63, 3.8) is 0 Å². The van der Waals surface area contributed by atoms with Gasteiger partial charge >= 0.3 is 6.36 Å². The van der Waals surface area contributed by atoms with Crippen LogP contribution < -0.4 is 10.1 Å². The predicted molar refractivity (Wildman–Crippen MR) is 76.8 cm³/mol. The number of carbonyl (C=O) groups is 1. The van der Waals surface area contributed by atoms with Crippen LogP contribution in [0.1, 0.15) is 22.0 Å². The number of nitrogens with one attached hydrogen (secondary N) is 1. The van der Waals surface area contributed by atoms with Crippen molar-refractivity contribution in [2.24, 2.45) is 0 Å². The lowest BCUT2D eigenvalue weighted by molar-refractivity contribution is -0.274. The molecule has 0 aliphatic heterocycles. The number of carbonyl (C=O) groups excluding carboxylic acids is 1. The topological polar surface area (TPSA) is 58.6 Å². The Labute approximate surface area is 134 Å². The lowest BCUT2D eigenvalue weighted by atomic mass is 10.1. The number of halogens is 4. The van der Waals surface area contributed by atoms with Crippen LogP contribution in [0.3, 0.4) is 0 Å². The zero-order valence-corrected chi connectivity index (χ0v) is 12.2. The van der Waals surface area contributed by atoms with Gasteiger partial charge in [-0.15, -0.1) is 13.2 Å². The number of alkyl halides is 3. The summed E-state index contributed by atoms with van der Waals surface area (Å²) in [6.07, 6.45) is -5.93. The first-order valence-electron chi connectivity index (χ1n) is 6.82. The summed E-state index contributed by atoms with van der Waals surface area (Å²) in [5.74, 6) is -1.66. The molecule has 0 heterocycles. The van der Waals surface area contributed by atoms with Gasteiger partial charge in [-0.2, -0.15) is 0 Å². The zero-order chi connectivity index (χ0) is 17.7. The predicted octanol–water partition coefficient (Wildman–Crippen LogP) is 3.19. The van der Waals surface area contributed by atoms with Crippen molar-refractivity contribution in [1.29, 1.82) is 0 Å². The van der Waals surface area contributed by atoms with Crippen molar-refractivity contribution in [2.45, 2.75) is 12.5 Å². The summed E-state index contributed by atoms with van der Waals surface area (Å²) in [5, 5.41) is 12.3. The van der Waals surface area contributed by atoms with E-state index in [4.69, 9.17) is 0 Å². The summed E-state index contributed by atoms with van der Waals surface area (Å²) in [4.78, 5) is 11.9. The fourth-order valence-electron chi connectivity index (χ4n) is 1.93. The van der Waals surface area contributed by atoms with E-state index >= 15 is 0 Å². The number of benzene rings is 2. The standard InChI is InChI=1S/C16H13F4NO3/c17-12-6-4-10(5-7-12)14(22)9-21-15(23)11-2-1-3-13(8-11)24-16(18,19)20/h1-8,14,22H,9H2,(H,21,23). The molecule has 2 aromatic rings. The van der Waals surface area contributed by atoms with Gasteiger partial charge in [0, 0.05) is 12.1 Å². The number of aliphatic hydroxyl groups excluding tert-OH is 1. The van der Waals surface area contributed by atoms with Crippen molar-refractivity contribution in [3.8, 4) is 5.75 Å². The number of amides is 1. The van der Waals surface area contributed by atoms with Gasteiger partial charge in [0.1, 0.15) is 11.6 Å². The summed E-state index contributed by atoms with van der Waals surface area (Å²) >= 11 is 0. The third kappa shape index (κ3) is 5.24. The number of hydrogen-bond donors (Lipinski definition) is 2. The molecule has 8 heteroatoms. The van der Waals surface area contributed by atoms with Gasteiger partial charge in [-0.05, 0) is 35.9 Å². The Morgan fingerprint density at radius 1 is 1.17 bits per heavy atom. The Bertz CT molecular complexity index is 701. The Kier molecular flexibility index (Phi) is 5.40. The van der Waals surface area contributed by atoms with Crippen LogP contribution in [-0.4, -0.2) is 23.9 Å². The molecule has 2 rings (SSSR count). The molecule has 2 aromatic carbocycles. The first kappa shape index (κ1) is 17.7. The molecular weight excluding hydrogens is 330 g/mol. The maximum atomic E-state index is 12.8. The number of aliphatic hydroxyl groups is 1. The van der Waals surface area contributed by atoms with Gasteiger partial charge in [0.25, 0.3) is 5.91 Å². The van der Waals surface area contributed by atoms with Crippen LogP contribution in [0.5, 0.6) is 5.75 Å². The van der Waals surface area contributed by atoms with Gasteiger partial charge in [0.2, 0.25) is 0 Å². The molecule has 0 aromatic heterocycles. The van der Waals surface area contributed by atoms with Crippen LogP contribution in [0.2, 0.25) is 0 Å². The average molecular weight is 343 g/mol. The van der Waals surface area contributed by atoms with Gasteiger partial charge in [0.05, 0.1) is 6.10 Å². The van der Waals surface area contributed by atoms with E-state index in [2.05, 4.69) is 10.1 Å². The molecule has 0 aliphatic carbocycles. The maximum Gasteiger partial charge on any atom is 0.573 e. The third-order valence-electron chi connectivity index (χ3n) is 3.04. The van der Waals surface area contributed by atoms with Crippen LogP contribution >= 0.6 is 0 Å². The van der Waals surface area contributed by atoms with E-state index in [1.165, 1.54) is 36.4 Å². The van der Waals surface area contributed by atoms with Crippen LogP contribution in [-0.2, 0) is 0 Å². The van der Waals surface area contributed by atoms with E-state index in [1.807, 2.05) is 0 Å². The minimum Gasteiger partial charge on any atom is -0.406 e. The molecular formula is C16H13F4NO3. The molecule has 0 radical (unpaired) electrons. The summed E-state index contributed by atoms with van der Waals surface area (Å²) in [6, 6.07) is 9.62. The molecule has 0 fully saturated rings. The average Bonchev–Trinajstić information content (AvgIpc) is 2.51. The quantitative estimate of drug-likeness (QED) is 0.820. The molecule has 1 atom stereocenters. The highest BCUT2D eigenvalue weighted by Gasteiger charge is 2.31. The fourth-order valence-corrected chi connectivity index (χ4v) is 1.93. The molecule has 0 saturated carbocycles. The third-order valence-corrected chi connectivity index (χ3v) is 3.04. The highest BCUT2D eigenvalue weighted by Crippen LogP contribution is 2.23. The van der Waals surface area contributed by atoms with Gasteiger partial charge in [-0.25, -0.2) is 4.39 Å². The first-order valence-corrected chi connectivity index (χ1v) is 6.82. The Hall–Kier alpha value is -2.61. The van der Waals surface area contributed by atoms with E-state index in [-0.39, 0.29) is 12.1 Å². The molecule has 2 N–H and O–H groups in total. The largest absolute Gasteiger partial charge is 0.573 e. The van der Waals surface area contributed by atoms with Crippen molar-refractivity contribution in [1.82, 2.24) is 5.32 Å². The lowest BCUT2D eigenvalue weighted by Crippen LogP contribution is -2.28. The number of rotatable bonds is 5. The van der Waals surface area contributed by atoms with Crippen LogP contribution in [0.25, 0.3) is 0 Å². The lowest BCUT2D eigenvalue weighted by Gasteiger charge is -2.13. The van der Waals surface area contributed by atoms with Crippen LogP contribution in [0.15, 0.2) is 48.5 Å². The number of ether oxygens (including phenoxy) is 1. The molecule has 0 bridgehead atoms. The van der Waals surface area contributed by atoms with Crippen molar-refractivity contribution in [2.75, 3.05) is 6.54 Å². The monoisotopic (exact) mass is 343 g/mol. The first-order chi connectivity index (χ1) is 11.2. The summed E-state index contributed by atoms with van der Waals surface area (Å²) < 4.78 is 53.0. The summed E-state index contributed by atoms with van der Waals surface area (Å²) in [6.45, 7) is -0.186. The van der Waals surface area contributed by atoms with E-state index in [1.54, 1.807) is 0 Å². The van der Waals surface area contributed by atoms with E-state index in [9.17, 15) is 27.5 Å². The smallest absolute Gasteiger partial charge is 0.406 e. The highest BCUT2D eigenvalue weighted by molar-refractivity contribution is 5.94. The minimum absolute atomic E-state index is 0.0527. The van der Waals surface area contributed by atoms with Gasteiger partial charge < -0.3 is 15.2 Å². The second-order valence-electron chi connectivity index (χ2n) is 4.85. The molecule has 1 amide bonds. The second-order valence-corrected chi connectivity index (χ2v) is 4.85. The molecule has 0 aliphatic rings. The molecule has 0 spiro atoms. The SMILES string of the molecule is O=C(NCC(O)c1ccc(F)cc1)c1cccc(OC(F)(F)F)c1. The highest BCUT2D eigenvalue weighted by atomic mass is 19.4. The van der Waals surface area contributed by atoms with Crippen molar-refractivity contribution < 1.29 is 32.2 Å². The maximum absolute atomic E-state index is 12.8. The molecule has 24 heavy (non-hydrogen) atoms. The Morgan fingerprint density at radius 3 is 2.46 bits per heavy atom. The van der Waals surface area contributed by atoms with Gasteiger partial charge in [-0.3, -0.25) is 4.79 Å². The zero-order valence-electron chi connectivity index (χ0n) is 12.2. The van der Waals surface area contributed by atoms with Crippen LogP contribution in [0, 0.1) is 5.82 Å². The van der Waals surface area contributed by atoms with E-state index in [0.29, 0.717) is 5.56 Å². The van der Waals surface area contributed by atoms with E-state index in [0.717, 1.165) is 12.1 Å². The molecule has 1 unspecified atom stereocenters. The fraction of sp³-hybridized carbons (Fsp3) is 0.188. The summed E-state index contributed by atoms with van der Waals surface area (Å²) in [7, 11) is 0. The molecule has 0 saturated heterocycles. The second kappa shape index (κ2) is 7.31. The molecule has 128 valence electrons. The van der Waals surface area contributed by atoms with E-state index < -0.39 is 29.9 Å².